The summed E-state index contributed by atoms with van der Waals surface area (Å²) in [6, 6.07) is 11.3. The Morgan fingerprint density at radius 2 is 1.96 bits per heavy atom. The van der Waals surface area contributed by atoms with E-state index in [9.17, 15) is 14.7 Å². The minimum Gasteiger partial charge on any atom is -0.481 e. The summed E-state index contributed by atoms with van der Waals surface area (Å²) in [5, 5.41) is 20.2. The summed E-state index contributed by atoms with van der Waals surface area (Å²) in [6.45, 7) is 1.86. The lowest BCUT2D eigenvalue weighted by Crippen LogP contribution is -2.25. The second-order valence-electron chi connectivity index (χ2n) is 5.28. The fourth-order valence-corrected chi connectivity index (χ4v) is 3.26. The lowest BCUT2D eigenvalue weighted by Gasteiger charge is -2.11. The molecule has 118 valence electrons. The Bertz CT molecular complexity index is 740. The van der Waals surface area contributed by atoms with Gasteiger partial charge in [0.15, 0.2) is 0 Å². The van der Waals surface area contributed by atoms with E-state index in [-0.39, 0.29) is 18.6 Å². The van der Waals surface area contributed by atoms with Gasteiger partial charge in [-0.15, -0.1) is 11.3 Å². The molecule has 0 aliphatic rings. The van der Waals surface area contributed by atoms with E-state index >= 15 is 0 Å². The Morgan fingerprint density at radius 3 is 2.52 bits per heavy atom. The Labute approximate surface area is 139 Å². The van der Waals surface area contributed by atoms with Crippen LogP contribution in [0.15, 0.2) is 35.7 Å². The Kier molecular flexibility index (Phi) is 5.67. The van der Waals surface area contributed by atoms with Crippen molar-refractivity contribution in [3.8, 4) is 16.5 Å². The van der Waals surface area contributed by atoms with Gasteiger partial charge in [0.1, 0.15) is 17.8 Å². The number of nitriles is 1. The van der Waals surface area contributed by atoms with Gasteiger partial charge in [-0.2, -0.15) is 5.26 Å². The number of thiophene rings is 1. The van der Waals surface area contributed by atoms with Gasteiger partial charge in [-0.25, -0.2) is 0 Å². The highest BCUT2D eigenvalue weighted by atomic mass is 32.1. The molecule has 2 aromatic rings. The van der Waals surface area contributed by atoms with Crippen LogP contribution in [0.1, 0.15) is 30.9 Å². The van der Waals surface area contributed by atoms with E-state index in [0.717, 1.165) is 16.0 Å². The van der Waals surface area contributed by atoms with Crippen LogP contribution in [-0.2, 0) is 16.0 Å². The summed E-state index contributed by atoms with van der Waals surface area (Å²) >= 11 is 1.49. The van der Waals surface area contributed by atoms with Crippen LogP contribution in [-0.4, -0.2) is 16.9 Å². The molecular weight excluding hydrogens is 310 g/mol. The highest BCUT2D eigenvalue weighted by molar-refractivity contribution is 7.13. The first-order valence-electron chi connectivity index (χ1n) is 7.39. The van der Waals surface area contributed by atoms with Crippen LogP contribution in [0.4, 0.5) is 0 Å². The number of benzene rings is 1. The van der Waals surface area contributed by atoms with Crippen LogP contribution in [0.3, 0.4) is 0 Å². The molecule has 23 heavy (non-hydrogen) atoms. The van der Waals surface area contributed by atoms with E-state index in [0.29, 0.717) is 12.0 Å². The molecule has 0 aliphatic heterocycles. The van der Waals surface area contributed by atoms with Gasteiger partial charge >= 0.3 is 5.97 Å². The highest BCUT2D eigenvalue weighted by Gasteiger charge is 2.25. The number of carboxylic acids is 1. The van der Waals surface area contributed by atoms with Crippen molar-refractivity contribution in [2.75, 3.05) is 0 Å². The van der Waals surface area contributed by atoms with E-state index in [1.54, 1.807) is 6.07 Å². The maximum atomic E-state index is 11.9. The van der Waals surface area contributed by atoms with E-state index in [4.69, 9.17) is 5.26 Å². The van der Waals surface area contributed by atoms with Crippen LogP contribution in [0.25, 0.3) is 10.4 Å². The molecule has 0 saturated heterocycles. The third-order valence-electron chi connectivity index (χ3n) is 3.62. The molecule has 0 amide bonds. The zero-order valence-electron chi connectivity index (χ0n) is 12.8. The summed E-state index contributed by atoms with van der Waals surface area (Å²) in [6.07, 6.45) is 1.14. The zero-order valence-corrected chi connectivity index (χ0v) is 13.6. The molecule has 1 heterocycles. The lowest BCUT2D eigenvalue weighted by molar-refractivity contribution is -0.146. The van der Waals surface area contributed by atoms with Gasteiger partial charge in [-0.05, 0) is 35.4 Å². The van der Waals surface area contributed by atoms with Crippen molar-refractivity contribution < 1.29 is 14.7 Å². The molecule has 1 N–H and O–H groups in total. The molecule has 0 saturated carbocycles. The minimum atomic E-state index is -1.07. The van der Waals surface area contributed by atoms with E-state index in [2.05, 4.69) is 6.07 Å². The molecule has 0 aliphatic carbocycles. The van der Waals surface area contributed by atoms with Crippen LogP contribution < -0.4 is 0 Å². The van der Waals surface area contributed by atoms with Crippen LogP contribution in [0.5, 0.6) is 0 Å². The van der Waals surface area contributed by atoms with Crippen molar-refractivity contribution in [2.24, 2.45) is 5.92 Å². The van der Waals surface area contributed by atoms with Crippen molar-refractivity contribution in [1.82, 2.24) is 0 Å². The number of hydrogen-bond donors (Lipinski definition) is 1. The number of rotatable bonds is 7. The molecule has 1 atom stereocenters. The lowest BCUT2D eigenvalue weighted by atomic mass is 9.92. The standard InChI is InChI=1S/C18H17NO3S/c1-2-3-16(20)15(18(21)22)10-12-4-6-13(7-5-12)17-14(11-19)8-9-23-17/h4-9,15H,2-3,10H2,1H3,(H,21,22). The molecule has 1 unspecified atom stereocenters. The van der Waals surface area contributed by atoms with Gasteiger partial charge in [0, 0.05) is 6.42 Å². The topological polar surface area (TPSA) is 78.2 Å². The second-order valence-corrected chi connectivity index (χ2v) is 6.20. The number of ketones is 1. The predicted molar refractivity (Wildman–Crippen MR) is 89.2 cm³/mol. The van der Waals surface area contributed by atoms with Gasteiger partial charge in [0.05, 0.1) is 10.4 Å². The molecule has 2 rings (SSSR count). The molecule has 1 aromatic carbocycles. The quantitative estimate of drug-likeness (QED) is 0.782. The first-order valence-corrected chi connectivity index (χ1v) is 8.27. The molecule has 0 bridgehead atoms. The van der Waals surface area contributed by atoms with Gasteiger partial charge < -0.3 is 5.11 Å². The first-order chi connectivity index (χ1) is 11.1. The Balaban J connectivity index is 2.17. The predicted octanol–water partition coefficient (Wildman–Crippen LogP) is 3.90. The fourth-order valence-electron chi connectivity index (χ4n) is 2.41. The second kappa shape index (κ2) is 7.70. The highest BCUT2D eigenvalue weighted by Crippen LogP contribution is 2.29. The number of Topliss-reactive ketones (excluding diaryl/α,β-unsaturated/α-hetero) is 1. The number of carbonyl (C=O) groups is 2. The largest absolute Gasteiger partial charge is 0.481 e. The van der Waals surface area contributed by atoms with Crippen molar-refractivity contribution >= 4 is 23.1 Å². The Morgan fingerprint density at radius 1 is 1.26 bits per heavy atom. The summed E-state index contributed by atoms with van der Waals surface area (Å²) in [7, 11) is 0. The SMILES string of the molecule is CCCC(=O)C(Cc1ccc(-c2sccc2C#N)cc1)C(=O)O. The summed E-state index contributed by atoms with van der Waals surface area (Å²) < 4.78 is 0. The van der Waals surface area contributed by atoms with Gasteiger partial charge in [0.25, 0.3) is 0 Å². The zero-order chi connectivity index (χ0) is 16.8. The number of aliphatic carboxylic acids is 1. The molecule has 0 fully saturated rings. The monoisotopic (exact) mass is 327 g/mol. The average molecular weight is 327 g/mol. The molecular formula is C18H17NO3S. The van der Waals surface area contributed by atoms with E-state index in [1.165, 1.54) is 11.3 Å². The van der Waals surface area contributed by atoms with Crippen LogP contribution in [0, 0.1) is 17.2 Å². The van der Waals surface area contributed by atoms with Gasteiger partial charge in [-0.3, -0.25) is 9.59 Å². The molecule has 0 radical (unpaired) electrons. The summed E-state index contributed by atoms with van der Waals surface area (Å²) in [5.74, 6) is -2.29. The van der Waals surface area contributed by atoms with Crippen molar-refractivity contribution in [2.45, 2.75) is 26.2 Å². The van der Waals surface area contributed by atoms with Crippen molar-refractivity contribution in [3.05, 3.63) is 46.8 Å². The van der Waals surface area contributed by atoms with Gasteiger partial charge in [0.2, 0.25) is 0 Å². The number of hydrogen-bond acceptors (Lipinski definition) is 4. The molecule has 0 spiro atoms. The number of carboxylic acid groups (broad SMARTS) is 1. The smallest absolute Gasteiger partial charge is 0.314 e. The average Bonchev–Trinajstić information content (AvgIpc) is 3.01. The van der Waals surface area contributed by atoms with Crippen molar-refractivity contribution in [1.29, 1.82) is 5.26 Å². The fraction of sp³-hybridized carbons (Fsp3) is 0.278. The van der Waals surface area contributed by atoms with Crippen molar-refractivity contribution in [3.63, 3.8) is 0 Å². The summed E-state index contributed by atoms with van der Waals surface area (Å²) in [4.78, 5) is 24.1. The minimum absolute atomic E-state index is 0.198. The molecule has 5 heteroatoms. The normalized spacial score (nSPS) is 11.7. The van der Waals surface area contributed by atoms with E-state index in [1.807, 2.05) is 36.6 Å². The van der Waals surface area contributed by atoms with Crippen LogP contribution >= 0.6 is 11.3 Å². The number of nitrogens with zero attached hydrogens (tertiary/aromatic N) is 1. The Hall–Kier alpha value is -2.45. The maximum absolute atomic E-state index is 11.9. The maximum Gasteiger partial charge on any atom is 0.314 e. The number of carbonyl (C=O) groups excluding carboxylic acids is 1. The third-order valence-corrected chi connectivity index (χ3v) is 4.59. The first kappa shape index (κ1) is 16.9. The molecule has 1 aromatic heterocycles. The van der Waals surface area contributed by atoms with E-state index < -0.39 is 11.9 Å². The molecule has 4 nitrogen and oxygen atoms in total. The third kappa shape index (κ3) is 4.05. The van der Waals surface area contributed by atoms with Gasteiger partial charge in [-0.1, -0.05) is 31.2 Å². The summed E-state index contributed by atoms with van der Waals surface area (Å²) in [5.41, 5.74) is 2.36. The van der Waals surface area contributed by atoms with Crippen LogP contribution in [0.2, 0.25) is 0 Å².